The second-order valence-electron chi connectivity index (χ2n) is 4.17. The number of nitrogens with one attached hydrogen (secondary N) is 1. The molecule has 3 rings (SSSR count). The molecule has 0 aliphatic carbocycles. The van der Waals surface area contributed by atoms with Gasteiger partial charge in [0.2, 0.25) is 5.89 Å². The summed E-state index contributed by atoms with van der Waals surface area (Å²) < 4.78 is 10.3. The molecule has 0 bridgehead atoms. The average molecular weight is 290 g/mol. The number of fused-ring (bicyclic) bond motifs is 1. The number of ether oxygens (including phenoxy) is 1. The quantitative estimate of drug-likeness (QED) is 0.728. The maximum atomic E-state index is 5.19. The summed E-state index contributed by atoms with van der Waals surface area (Å²) >= 11 is 1.54. The van der Waals surface area contributed by atoms with Gasteiger partial charge in [-0.1, -0.05) is 23.8 Å². The first-order valence-corrected chi connectivity index (χ1v) is 7.25. The Hall–Kier alpha value is -2.02. The molecule has 0 spiro atoms. The molecule has 2 heterocycles. The van der Waals surface area contributed by atoms with Gasteiger partial charge in [-0.2, -0.15) is 4.98 Å². The molecule has 0 saturated heterocycles. The lowest BCUT2D eigenvalue weighted by Gasteiger charge is -1.96. The van der Waals surface area contributed by atoms with Gasteiger partial charge in [-0.25, -0.2) is 4.98 Å². The van der Waals surface area contributed by atoms with Crippen molar-refractivity contribution in [1.29, 1.82) is 0 Å². The fourth-order valence-corrected chi connectivity index (χ4v) is 2.51. The third-order valence-corrected chi connectivity index (χ3v) is 3.69. The van der Waals surface area contributed by atoms with E-state index in [1.54, 1.807) is 18.9 Å². The van der Waals surface area contributed by atoms with Gasteiger partial charge >= 0.3 is 0 Å². The number of hydrogen-bond acceptors (Lipinski definition) is 6. The van der Waals surface area contributed by atoms with E-state index in [4.69, 9.17) is 9.26 Å². The van der Waals surface area contributed by atoms with Crippen molar-refractivity contribution < 1.29 is 9.26 Å². The number of nitrogens with zero attached hydrogens (tertiary/aromatic N) is 3. The van der Waals surface area contributed by atoms with Crippen LogP contribution in [0, 0.1) is 0 Å². The van der Waals surface area contributed by atoms with E-state index in [9.17, 15) is 0 Å². The molecular formula is C13H14N4O2S. The predicted molar refractivity (Wildman–Crippen MR) is 75.9 cm³/mol. The Kier molecular flexibility index (Phi) is 3.60. The third-order valence-electron chi connectivity index (χ3n) is 2.82. The number of thioether (sulfide) groups is 1. The molecule has 0 saturated carbocycles. The first kappa shape index (κ1) is 13.0. The van der Waals surface area contributed by atoms with Gasteiger partial charge in [-0.05, 0) is 12.1 Å². The lowest BCUT2D eigenvalue weighted by Crippen LogP contribution is -1.85. The monoisotopic (exact) mass is 290 g/mol. The third kappa shape index (κ3) is 2.62. The van der Waals surface area contributed by atoms with Crippen molar-refractivity contribution in [3.63, 3.8) is 0 Å². The van der Waals surface area contributed by atoms with Gasteiger partial charge in [0.15, 0.2) is 11.0 Å². The minimum Gasteiger partial charge on any atom is -0.497 e. The van der Waals surface area contributed by atoms with Crippen molar-refractivity contribution in [2.45, 2.75) is 24.3 Å². The number of H-pyrrole nitrogens is 1. The first-order chi connectivity index (χ1) is 9.78. The largest absolute Gasteiger partial charge is 0.497 e. The molecule has 6 nitrogen and oxygen atoms in total. The van der Waals surface area contributed by atoms with Crippen LogP contribution in [0.25, 0.3) is 11.0 Å². The molecule has 0 fully saturated rings. The van der Waals surface area contributed by atoms with Crippen molar-refractivity contribution in [2.24, 2.45) is 0 Å². The molecular weight excluding hydrogens is 276 g/mol. The average Bonchev–Trinajstić information content (AvgIpc) is 3.10. The summed E-state index contributed by atoms with van der Waals surface area (Å²) in [5.74, 6) is 2.78. The van der Waals surface area contributed by atoms with Crippen LogP contribution in [0.3, 0.4) is 0 Å². The van der Waals surface area contributed by atoms with E-state index in [1.165, 1.54) is 0 Å². The van der Waals surface area contributed by atoms with Crippen LogP contribution in [0.1, 0.15) is 18.6 Å². The summed E-state index contributed by atoms with van der Waals surface area (Å²) in [7, 11) is 1.65. The number of methoxy groups -OCH3 is 1. The highest BCUT2D eigenvalue weighted by Crippen LogP contribution is 2.24. The number of aromatic nitrogens is 4. The van der Waals surface area contributed by atoms with Crippen molar-refractivity contribution >= 4 is 22.8 Å². The van der Waals surface area contributed by atoms with E-state index >= 15 is 0 Å². The summed E-state index contributed by atoms with van der Waals surface area (Å²) in [5.41, 5.74) is 1.87. The Morgan fingerprint density at radius 1 is 1.35 bits per heavy atom. The Morgan fingerprint density at radius 2 is 2.25 bits per heavy atom. The van der Waals surface area contributed by atoms with Crippen molar-refractivity contribution in [2.75, 3.05) is 7.11 Å². The highest BCUT2D eigenvalue weighted by Gasteiger charge is 2.08. The number of imidazole rings is 1. The van der Waals surface area contributed by atoms with Crippen molar-refractivity contribution in [3.05, 3.63) is 29.9 Å². The van der Waals surface area contributed by atoms with Crippen LogP contribution in [0.15, 0.2) is 27.9 Å². The van der Waals surface area contributed by atoms with Crippen molar-refractivity contribution in [1.82, 2.24) is 20.1 Å². The molecule has 7 heteroatoms. The molecule has 1 N–H and O–H groups in total. The molecule has 2 aromatic heterocycles. The lowest BCUT2D eigenvalue weighted by atomic mass is 10.3. The van der Waals surface area contributed by atoms with Crippen LogP contribution in [0.5, 0.6) is 5.75 Å². The van der Waals surface area contributed by atoms with Crippen molar-refractivity contribution in [3.8, 4) is 5.75 Å². The summed E-state index contributed by atoms with van der Waals surface area (Å²) in [6.07, 6.45) is 0.752. The van der Waals surface area contributed by atoms with Gasteiger partial charge in [0.05, 0.1) is 23.9 Å². The number of aryl methyl sites for hydroxylation is 1. The summed E-state index contributed by atoms with van der Waals surface area (Å²) in [6, 6.07) is 5.75. The SMILES string of the molecule is CCc1nc(CSc2nc3ccc(OC)cc3[nH]2)no1. The molecule has 0 unspecified atom stereocenters. The second kappa shape index (κ2) is 5.54. The maximum absolute atomic E-state index is 5.19. The molecule has 1 aromatic carbocycles. The van der Waals surface area contributed by atoms with Crippen LogP contribution in [0.2, 0.25) is 0 Å². The van der Waals surface area contributed by atoms with Crippen LogP contribution in [-0.4, -0.2) is 27.2 Å². The van der Waals surface area contributed by atoms with E-state index in [-0.39, 0.29) is 0 Å². The highest BCUT2D eigenvalue weighted by molar-refractivity contribution is 7.98. The molecule has 0 atom stereocenters. The van der Waals surface area contributed by atoms with Gasteiger partial charge in [0.25, 0.3) is 0 Å². The Labute approximate surface area is 119 Å². The predicted octanol–water partition coefficient (Wildman–Crippen LogP) is 2.81. The van der Waals surface area contributed by atoms with Gasteiger partial charge in [0, 0.05) is 12.5 Å². The van der Waals surface area contributed by atoms with Crippen LogP contribution >= 0.6 is 11.8 Å². The normalized spacial score (nSPS) is 11.1. The summed E-state index contributed by atoms with van der Waals surface area (Å²) in [6.45, 7) is 1.98. The molecule has 20 heavy (non-hydrogen) atoms. The first-order valence-electron chi connectivity index (χ1n) is 6.26. The summed E-state index contributed by atoms with van der Waals surface area (Å²) in [4.78, 5) is 12.0. The lowest BCUT2D eigenvalue weighted by molar-refractivity contribution is 0.378. The fraction of sp³-hybridized carbons (Fsp3) is 0.308. The van der Waals surface area contributed by atoms with Gasteiger partial charge < -0.3 is 14.2 Å². The molecule has 104 valence electrons. The Bertz CT molecular complexity index is 722. The van der Waals surface area contributed by atoms with E-state index < -0.39 is 0 Å². The van der Waals surface area contributed by atoms with E-state index in [1.807, 2.05) is 25.1 Å². The summed E-state index contributed by atoms with van der Waals surface area (Å²) in [5, 5.41) is 4.74. The Balaban J connectivity index is 1.73. The minimum absolute atomic E-state index is 0.625. The van der Waals surface area contributed by atoms with Gasteiger partial charge in [-0.3, -0.25) is 0 Å². The zero-order chi connectivity index (χ0) is 13.9. The van der Waals surface area contributed by atoms with Gasteiger partial charge in [0.1, 0.15) is 5.75 Å². The topological polar surface area (TPSA) is 76.8 Å². The van der Waals surface area contributed by atoms with Crippen LogP contribution in [-0.2, 0) is 12.2 Å². The Morgan fingerprint density at radius 3 is 3.00 bits per heavy atom. The molecule has 3 aromatic rings. The number of aromatic amines is 1. The number of benzene rings is 1. The van der Waals surface area contributed by atoms with Gasteiger partial charge in [-0.15, -0.1) is 0 Å². The van der Waals surface area contributed by atoms with E-state index in [0.717, 1.165) is 28.4 Å². The molecule has 0 aliphatic heterocycles. The number of hydrogen-bond donors (Lipinski definition) is 1. The second-order valence-corrected chi connectivity index (χ2v) is 5.14. The highest BCUT2D eigenvalue weighted by atomic mass is 32.2. The van der Waals surface area contributed by atoms with E-state index in [0.29, 0.717) is 17.5 Å². The standard InChI is InChI=1S/C13H14N4O2S/c1-3-12-16-11(17-19-12)7-20-13-14-9-5-4-8(18-2)6-10(9)15-13/h4-6H,3,7H2,1-2H3,(H,14,15). The molecule has 0 aliphatic rings. The number of rotatable bonds is 5. The van der Waals surface area contributed by atoms with Crippen LogP contribution in [0.4, 0.5) is 0 Å². The smallest absolute Gasteiger partial charge is 0.226 e. The fourth-order valence-electron chi connectivity index (χ4n) is 1.79. The van der Waals surface area contributed by atoms with Crippen LogP contribution < -0.4 is 4.74 Å². The van der Waals surface area contributed by atoms with E-state index in [2.05, 4.69) is 20.1 Å². The zero-order valence-corrected chi connectivity index (χ0v) is 12.0. The molecule has 0 radical (unpaired) electrons. The zero-order valence-electron chi connectivity index (χ0n) is 11.2. The minimum atomic E-state index is 0.625. The maximum Gasteiger partial charge on any atom is 0.226 e. The molecule has 0 amide bonds.